The summed E-state index contributed by atoms with van der Waals surface area (Å²) in [7, 11) is 3.96. The zero-order chi connectivity index (χ0) is 11.7. The van der Waals surface area contributed by atoms with Crippen LogP contribution >= 0.6 is 0 Å². The summed E-state index contributed by atoms with van der Waals surface area (Å²) in [5.74, 6) is -0.720. The first-order valence-corrected chi connectivity index (χ1v) is 5.26. The number of hydrogen-bond donors (Lipinski definition) is 2. The summed E-state index contributed by atoms with van der Waals surface area (Å²) in [5, 5.41) is 11.2. The second kappa shape index (κ2) is 8.64. The lowest BCUT2D eigenvalue weighted by molar-refractivity contribution is -0.139. The Morgan fingerprint density at radius 1 is 1.60 bits per heavy atom. The zero-order valence-electron chi connectivity index (χ0n) is 9.82. The quantitative estimate of drug-likeness (QED) is 0.667. The van der Waals surface area contributed by atoms with Crippen LogP contribution in [0.1, 0.15) is 19.8 Å². The van der Waals surface area contributed by atoms with Gasteiger partial charge in [-0.05, 0) is 40.4 Å². The molecular weight excluding hydrogens is 196 g/mol. The van der Waals surface area contributed by atoms with Gasteiger partial charge < -0.3 is 15.2 Å². The van der Waals surface area contributed by atoms with Crippen LogP contribution in [0.15, 0.2) is 0 Å². The molecule has 1 atom stereocenters. The third-order valence-corrected chi connectivity index (χ3v) is 1.91. The Hall–Kier alpha value is -0.650. The lowest BCUT2D eigenvalue weighted by Gasteiger charge is -2.07. The van der Waals surface area contributed by atoms with Crippen molar-refractivity contribution in [2.45, 2.75) is 25.8 Å². The minimum atomic E-state index is -0.720. The van der Waals surface area contributed by atoms with Gasteiger partial charge in [-0.25, -0.2) is 0 Å². The van der Waals surface area contributed by atoms with E-state index in [1.165, 1.54) is 0 Å². The van der Waals surface area contributed by atoms with Gasteiger partial charge in [-0.2, -0.15) is 0 Å². The summed E-state index contributed by atoms with van der Waals surface area (Å²) in [6, 6.07) is -0.269. The van der Waals surface area contributed by atoms with Crippen molar-refractivity contribution in [2.75, 3.05) is 34.0 Å². The van der Waals surface area contributed by atoms with E-state index in [0.717, 1.165) is 32.7 Å². The van der Waals surface area contributed by atoms with E-state index in [-0.39, 0.29) is 6.04 Å². The van der Waals surface area contributed by atoms with Crippen LogP contribution in [-0.4, -0.2) is 56.0 Å². The van der Waals surface area contributed by atoms with Gasteiger partial charge in [0.05, 0.1) is 6.73 Å². The largest absolute Gasteiger partial charge is 0.480 e. The monoisotopic (exact) mass is 218 g/mol. The van der Waals surface area contributed by atoms with Gasteiger partial charge in [0.1, 0.15) is 6.04 Å². The van der Waals surface area contributed by atoms with Gasteiger partial charge in [-0.15, -0.1) is 0 Å². The fourth-order valence-electron chi connectivity index (χ4n) is 1.17. The molecule has 0 aromatic carbocycles. The second-order valence-electron chi connectivity index (χ2n) is 3.69. The predicted molar refractivity (Wildman–Crippen MR) is 58.8 cm³/mol. The summed E-state index contributed by atoms with van der Waals surface area (Å²) in [6.07, 6.45) is 1.78. The minimum Gasteiger partial charge on any atom is -0.480 e. The molecule has 2 N–H and O–H groups in total. The van der Waals surface area contributed by atoms with Crippen molar-refractivity contribution in [1.29, 1.82) is 0 Å². The smallest absolute Gasteiger partial charge is 0.320 e. The molecule has 1 fully saturated rings. The molecule has 0 aliphatic carbocycles. The molecule has 15 heavy (non-hydrogen) atoms. The number of rotatable bonds is 4. The molecule has 0 spiro atoms. The average molecular weight is 218 g/mol. The zero-order valence-corrected chi connectivity index (χ0v) is 9.82. The highest BCUT2D eigenvalue weighted by molar-refractivity contribution is 5.73. The molecule has 90 valence electrons. The number of carbonyl (C=O) groups is 1. The van der Waals surface area contributed by atoms with Crippen molar-refractivity contribution in [3.63, 3.8) is 0 Å². The lowest BCUT2D eigenvalue weighted by Crippen LogP contribution is -2.29. The van der Waals surface area contributed by atoms with Crippen molar-refractivity contribution in [1.82, 2.24) is 10.2 Å². The lowest BCUT2D eigenvalue weighted by atomic mass is 10.2. The van der Waals surface area contributed by atoms with Crippen molar-refractivity contribution in [3.05, 3.63) is 0 Å². The molecule has 1 saturated heterocycles. The van der Waals surface area contributed by atoms with Gasteiger partial charge in [0, 0.05) is 6.61 Å². The van der Waals surface area contributed by atoms with Crippen LogP contribution in [0.2, 0.25) is 0 Å². The van der Waals surface area contributed by atoms with Crippen LogP contribution < -0.4 is 5.32 Å². The molecule has 1 aliphatic heterocycles. The van der Waals surface area contributed by atoms with E-state index in [0.29, 0.717) is 0 Å². The van der Waals surface area contributed by atoms with Crippen LogP contribution in [-0.2, 0) is 9.53 Å². The number of carboxylic acid groups (broad SMARTS) is 1. The Kier molecular flexibility index (Phi) is 8.27. The molecule has 0 bridgehead atoms. The maximum Gasteiger partial charge on any atom is 0.320 e. The first-order valence-electron chi connectivity index (χ1n) is 5.26. The Bertz CT molecular complexity index is 168. The van der Waals surface area contributed by atoms with Gasteiger partial charge in [0.2, 0.25) is 0 Å². The van der Waals surface area contributed by atoms with Gasteiger partial charge in [0.25, 0.3) is 0 Å². The molecule has 0 unspecified atom stereocenters. The molecule has 0 saturated carbocycles. The van der Waals surface area contributed by atoms with Gasteiger partial charge in [-0.3, -0.25) is 9.69 Å². The average Bonchev–Trinajstić information content (AvgIpc) is 2.68. The third kappa shape index (κ3) is 8.35. The fourth-order valence-corrected chi connectivity index (χ4v) is 1.17. The first-order chi connectivity index (χ1) is 7.07. The minimum absolute atomic E-state index is 0.269. The van der Waals surface area contributed by atoms with Crippen molar-refractivity contribution >= 4 is 5.97 Å². The topological polar surface area (TPSA) is 61.8 Å². The highest BCUT2D eigenvalue weighted by Gasteiger charge is 2.20. The molecule has 0 amide bonds. The molecule has 0 radical (unpaired) electrons. The number of aliphatic carboxylic acids is 1. The predicted octanol–water partition coefficient (Wildman–Crippen LogP) is 0.365. The summed E-state index contributed by atoms with van der Waals surface area (Å²) in [6.45, 7) is 4.38. The van der Waals surface area contributed by atoms with E-state index in [4.69, 9.17) is 9.84 Å². The molecule has 5 nitrogen and oxygen atoms in total. The highest BCUT2D eigenvalue weighted by atomic mass is 16.5. The normalized spacial score (nSPS) is 19.9. The highest BCUT2D eigenvalue weighted by Crippen LogP contribution is 2.03. The molecular formula is C10H22N2O3. The first kappa shape index (κ1) is 14.3. The van der Waals surface area contributed by atoms with Gasteiger partial charge in [-0.1, -0.05) is 0 Å². The van der Waals surface area contributed by atoms with Crippen molar-refractivity contribution in [2.24, 2.45) is 0 Å². The van der Waals surface area contributed by atoms with Gasteiger partial charge in [0.15, 0.2) is 0 Å². The Balaban J connectivity index is 0.000000265. The van der Waals surface area contributed by atoms with Crippen LogP contribution in [0.4, 0.5) is 0 Å². The van der Waals surface area contributed by atoms with Crippen LogP contribution in [0.3, 0.4) is 0 Å². The number of carboxylic acids is 1. The van der Waals surface area contributed by atoms with Crippen molar-refractivity contribution in [3.8, 4) is 0 Å². The van der Waals surface area contributed by atoms with Gasteiger partial charge >= 0.3 is 5.97 Å². The maximum atomic E-state index is 10.1. The van der Waals surface area contributed by atoms with Crippen LogP contribution in [0.25, 0.3) is 0 Å². The van der Waals surface area contributed by atoms with Crippen LogP contribution in [0.5, 0.6) is 0 Å². The number of nitrogens with zero attached hydrogens (tertiary/aromatic N) is 1. The molecule has 1 rings (SSSR count). The number of ether oxygens (including phenoxy) is 1. The summed E-state index contributed by atoms with van der Waals surface area (Å²) in [5.41, 5.74) is 0. The molecule has 1 heterocycles. The third-order valence-electron chi connectivity index (χ3n) is 1.91. The second-order valence-corrected chi connectivity index (χ2v) is 3.69. The Morgan fingerprint density at radius 3 is 2.47 bits per heavy atom. The Labute approximate surface area is 91.4 Å². The van der Waals surface area contributed by atoms with E-state index in [1.807, 2.05) is 25.9 Å². The Morgan fingerprint density at radius 2 is 2.27 bits per heavy atom. The molecule has 0 aromatic rings. The maximum absolute atomic E-state index is 10.1. The van der Waals surface area contributed by atoms with E-state index in [1.54, 1.807) is 0 Å². The molecule has 1 aliphatic rings. The summed E-state index contributed by atoms with van der Waals surface area (Å²) in [4.78, 5) is 12.1. The number of hydrogen-bond acceptors (Lipinski definition) is 4. The van der Waals surface area contributed by atoms with Crippen molar-refractivity contribution < 1.29 is 14.6 Å². The standard InChI is InChI=1S/C5H9NO2.C5H13NO/c7-5(8)4-2-1-3-6-4;1-4-7-5-6(2)3/h4,6H,1-3H2,(H,7,8);4-5H2,1-3H3/t4-;/m0./s1. The summed E-state index contributed by atoms with van der Waals surface area (Å²) < 4.78 is 5.02. The molecule has 5 heteroatoms. The fraction of sp³-hybridized carbons (Fsp3) is 0.900. The number of nitrogens with one attached hydrogen (secondary N) is 1. The summed E-state index contributed by atoms with van der Waals surface area (Å²) >= 11 is 0. The van der Waals surface area contributed by atoms with E-state index in [9.17, 15) is 4.79 Å². The van der Waals surface area contributed by atoms with E-state index < -0.39 is 5.97 Å². The molecule has 0 aromatic heterocycles. The van der Waals surface area contributed by atoms with Crippen LogP contribution in [0, 0.1) is 0 Å². The van der Waals surface area contributed by atoms with E-state index in [2.05, 4.69) is 5.32 Å². The van der Waals surface area contributed by atoms with E-state index >= 15 is 0 Å². The SMILES string of the molecule is CCOCN(C)C.O=C(O)[C@@H]1CCCN1.